The molecule has 0 bridgehead atoms. The molecule has 132 valence electrons. The first kappa shape index (κ1) is 18.3. The Hall–Kier alpha value is -2.08. The first-order chi connectivity index (χ1) is 11.3. The van der Waals surface area contributed by atoms with Gasteiger partial charge in [0.25, 0.3) is 0 Å². The molecule has 0 amide bonds. The van der Waals surface area contributed by atoms with Gasteiger partial charge in [0.05, 0.1) is 20.3 Å². The minimum absolute atomic E-state index is 0.0155. The standard InChI is InChI=1S/C18H27N3O3/c1-12(16-19-17(20-24-16)18(2,3)4)21(5)11-13-8-9-14(22-6)15(10-13)23-7/h8-10,12H,11H2,1-7H3. The Balaban J connectivity index is 2.11. The van der Waals surface area contributed by atoms with Crippen molar-refractivity contribution >= 4 is 0 Å². The number of rotatable bonds is 6. The summed E-state index contributed by atoms with van der Waals surface area (Å²) in [6.07, 6.45) is 0. The van der Waals surface area contributed by atoms with E-state index in [4.69, 9.17) is 14.0 Å². The van der Waals surface area contributed by atoms with Crippen molar-refractivity contribution in [2.45, 2.75) is 45.7 Å². The first-order valence-electron chi connectivity index (χ1n) is 8.01. The average Bonchev–Trinajstić information content (AvgIpc) is 3.04. The van der Waals surface area contributed by atoms with Crippen molar-refractivity contribution in [1.82, 2.24) is 15.0 Å². The van der Waals surface area contributed by atoms with E-state index in [2.05, 4.69) is 42.7 Å². The van der Waals surface area contributed by atoms with Crippen LogP contribution in [0.5, 0.6) is 11.5 Å². The van der Waals surface area contributed by atoms with Crippen LogP contribution >= 0.6 is 0 Å². The summed E-state index contributed by atoms with van der Waals surface area (Å²) in [5.74, 6) is 2.80. The summed E-state index contributed by atoms with van der Waals surface area (Å²) in [5.41, 5.74) is 1.00. The maximum absolute atomic E-state index is 5.45. The maximum Gasteiger partial charge on any atom is 0.243 e. The smallest absolute Gasteiger partial charge is 0.243 e. The Morgan fingerprint density at radius 1 is 1.17 bits per heavy atom. The monoisotopic (exact) mass is 333 g/mol. The van der Waals surface area contributed by atoms with Crippen LogP contribution in [-0.4, -0.2) is 36.3 Å². The lowest BCUT2D eigenvalue weighted by Crippen LogP contribution is -2.22. The number of ether oxygens (including phenoxy) is 2. The van der Waals surface area contributed by atoms with Crippen LogP contribution in [0.2, 0.25) is 0 Å². The van der Waals surface area contributed by atoms with Gasteiger partial charge in [-0.05, 0) is 31.7 Å². The zero-order chi connectivity index (χ0) is 17.9. The number of hydrogen-bond donors (Lipinski definition) is 0. The van der Waals surface area contributed by atoms with E-state index < -0.39 is 0 Å². The number of benzene rings is 1. The van der Waals surface area contributed by atoms with Crippen molar-refractivity contribution in [2.75, 3.05) is 21.3 Å². The van der Waals surface area contributed by atoms with Crippen LogP contribution in [0, 0.1) is 0 Å². The number of aromatic nitrogens is 2. The molecule has 0 N–H and O–H groups in total. The highest BCUT2D eigenvalue weighted by Crippen LogP contribution is 2.29. The predicted molar refractivity (Wildman–Crippen MR) is 92.4 cm³/mol. The summed E-state index contributed by atoms with van der Waals surface area (Å²) in [7, 11) is 5.30. The highest BCUT2D eigenvalue weighted by Gasteiger charge is 2.25. The molecule has 0 aliphatic carbocycles. The molecule has 0 saturated heterocycles. The molecule has 0 aliphatic heterocycles. The van der Waals surface area contributed by atoms with Crippen LogP contribution in [0.25, 0.3) is 0 Å². The van der Waals surface area contributed by atoms with Crippen molar-refractivity contribution in [3.63, 3.8) is 0 Å². The molecule has 0 fully saturated rings. The molecular weight excluding hydrogens is 306 g/mol. The third-order valence-electron chi connectivity index (χ3n) is 4.01. The quantitative estimate of drug-likeness (QED) is 0.805. The van der Waals surface area contributed by atoms with E-state index in [1.807, 2.05) is 25.2 Å². The molecule has 6 heteroatoms. The van der Waals surface area contributed by atoms with Gasteiger partial charge in [-0.3, -0.25) is 4.90 Å². The van der Waals surface area contributed by atoms with Gasteiger partial charge in [0.15, 0.2) is 17.3 Å². The summed E-state index contributed by atoms with van der Waals surface area (Å²) in [4.78, 5) is 6.70. The van der Waals surface area contributed by atoms with Gasteiger partial charge in [0.2, 0.25) is 5.89 Å². The fourth-order valence-corrected chi connectivity index (χ4v) is 2.30. The van der Waals surface area contributed by atoms with Crippen molar-refractivity contribution in [3.05, 3.63) is 35.5 Å². The highest BCUT2D eigenvalue weighted by molar-refractivity contribution is 5.42. The lowest BCUT2D eigenvalue weighted by atomic mass is 9.96. The summed E-state index contributed by atoms with van der Waals surface area (Å²) in [5, 5.41) is 4.10. The van der Waals surface area contributed by atoms with Gasteiger partial charge in [0.1, 0.15) is 0 Å². The molecule has 2 rings (SSSR count). The molecular formula is C18H27N3O3. The minimum atomic E-state index is -0.122. The molecule has 1 heterocycles. The van der Waals surface area contributed by atoms with E-state index in [0.717, 1.165) is 29.4 Å². The van der Waals surface area contributed by atoms with Gasteiger partial charge in [-0.25, -0.2) is 0 Å². The van der Waals surface area contributed by atoms with Crippen molar-refractivity contribution in [2.24, 2.45) is 0 Å². The maximum atomic E-state index is 5.45. The number of nitrogens with zero attached hydrogens (tertiary/aromatic N) is 3. The van der Waals surface area contributed by atoms with Crippen LogP contribution < -0.4 is 9.47 Å². The highest BCUT2D eigenvalue weighted by atomic mass is 16.5. The first-order valence-corrected chi connectivity index (χ1v) is 8.01. The second-order valence-corrected chi connectivity index (χ2v) is 6.99. The van der Waals surface area contributed by atoms with Crippen LogP contribution in [0.1, 0.15) is 51.0 Å². The second kappa shape index (κ2) is 7.21. The molecule has 1 atom stereocenters. The van der Waals surface area contributed by atoms with E-state index in [1.165, 1.54) is 0 Å². The van der Waals surface area contributed by atoms with E-state index in [-0.39, 0.29) is 11.5 Å². The largest absolute Gasteiger partial charge is 0.493 e. The number of hydrogen-bond acceptors (Lipinski definition) is 6. The van der Waals surface area contributed by atoms with Crippen LogP contribution in [0.15, 0.2) is 22.7 Å². The fraction of sp³-hybridized carbons (Fsp3) is 0.556. The predicted octanol–water partition coefficient (Wildman–Crippen LogP) is 3.58. The Labute approximate surface area is 143 Å². The Bertz CT molecular complexity index is 676. The van der Waals surface area contributed by atoms with Crippen molar-refractivity contribution < 1.29 is 14.0 Å². The molecule has 0 saturated carbocycles. The molecule has 0 aliphatic rings. The lowest BCUT2D eigenvalue weighted by molar-refractivity contribution is 0.202. The second-order valence-electron chi connectivity index (χ2n) is 6.99. The van der Waals surface area contributed by atoms with Crippen LogP contribution in [0.4, 0.5) is 0 Å². The SMILES string of the molecule is COc1ccc(CN(C)C(C)c2nc(C(C)(C)C)no2)cc1OC. The minimum Gasteiger partial charge on any atom is -0.493 e. The Morgan fingerprint density at radius 2 is 1.83 bits per heavy atom. The molecule has 24 heavy (non-hydrogen) atoms. The van der Waals surface area contributed by atoms with Gasteiger partial charge in [-0.2, -0.15) is 4.98 Å². The Morgan fingerprint density at radius 3 is 2.38 bits per heavy atom. The molecule has 1 aromatic carbocycles. The normalized spacial score (nSPS) is 13.2. The van der Waals surface area contributed by atoms with Gasteiger partial charge < -0.3 is 14.0 Å². The molecule has 1 aromatic heterocycles. The number of methoxy groups -OCH3 is 2. The third-order valence-corrected chi connectivity index (χ3v) is 4.01. The van der Waals surface area contributed by atoms with E-state index >= 15 is 0 Å². The molecule has 0 radical (unpaired) electrons. The lowest BCUT2D eigenvalue weighted by Gasteiger charge is -2.22. The van der Waals surface area contributed by atoms with Crippen LogP contribution in [0.3, 0.4) is 0 Å². The van der Waals surface area contributed by atoms with E-state index in [9.17, 15) is 0 Å². The molecule has 6 nitrogen and oxygen atoms in total. The van der Waals surface area contributed by atoms with E-state index in [1.54, 1.807) is 14.2 Å². The van der Waals surface area contributed by atoms with Gasteiger partial charge in [-0.15, -0.1) is 0 Å². The molecule has 2 aromatic rings. The van der Waals surface area contributed by atoms with Crippen molar-refractivity contribution in [3.8, 4) is 11.5 Å². The fourth-order valence-electron chi connectivity index (χ4n) is 2.30. The third kappa shape index (κ3) is 4.06. The summed E-state index contributed by atoms with van der Waals surface area (Å²) in [6.45, 7) is 8.99. The van der Waals surface area contributed by atoms with Gasteiger partial charge in [-0.1, -0.05) is 32.0 Å². The zero-order valence-electron chi connectivity index (χ0n) is 15.6. The topological polar surface area (TPSA) is 60.6 Å². The molecule has 1 unspecified atom stereocenters. The van der Waals surface area contributed by atoms with Gasteiger partial charge >= 0.3 is 0 Å². The average molecular weight is 333 g/mol. The summed E-state index contributed by atoms with van der Waals surface area (Å²) >= 11 is 0. The van der Waals surface area contributed by atoms with E-state index in [0.29, 0.717) is 5.89 Å². The molecule has 0 spiro atoms. The van der Waals surface area contributed by atoms with Crippen LogP contribution in [-0.2, 0) is 12.0 Å². The Kier molecular flexibility index (Phi) is 5.49. The zero-order valence-corrected chi connectivity index (χ0v) is 15.6. The van der Waals surface area contributed by atoms with Gasteiger partial charge in [0, 0.05) is 12.0 Å². The van der Waals surface area contributed by atoms with Crippen molar-refractivity contribution in [1.29, 1.82) is 0 Å². The summed E-state index contributed by atoms with van der Waals surface area (Å²) in [6, 6.07) is 5.94. The summed E-state index contributed by atoms with van der Waals surface area (Å²) < 4.78 is 16.1.